The zero-order valence-electron chi connectivity index (χ0n) is 21.1. The molecule has 0 aliphatic carbocycles. The van der Waals surface area contributed by atoms with E-state index in [1.165, 1.54) is 15.4 Å². The van der Waals surface area contributed by atoms with E-state index in [1.807, 2.05) is 43.3 Å². The van der Waals surface area contributed by atoms with Crippen molar-refractivity contribution in [2.45, 2.75) is 46.2 Å². The first-order chi connectivity index (χ1) is 18.5. The maximum Gasteiger partial charge on any atom is 0.341 e. The van der Waals surface area contributed by atoms with Crippen LogP contribution in [0.2, 0.25) is 0 Å². The van der Waals surface area contributed by atoms with E-state index in [1.54, 1.807) is 17.0 Å². The van der Waals surface area contributed by atoms with Gasteiger partial charge in [0.05, 0.1) is 18.4 Å². The number of H-pyrrole nitrogens is 1. The normalized spacial score (nSPS) is 11.2. The molecule has 0 atom stereocenters. The van der Waals surface area contributed by atoms with Gasteiger partial charge in [-0.25, -0.2) is 19.4 Å². The highest BCUT2D eigenvalue weighted by Gasteiger charge is 2.22. The number of benzene rings is 1. The largest absolute Gasteiger partial charge is 0.477 e. The quantitative estimate of drug-likeness (QED) is 0.289. The number of pyridine rings is 1. The van der Waals surface area contributed by atoms with E-state index in [0.29, 0.717) is 24.5 Å². The van der Waals surface area contributed by atoms with Crippen molar-refractivity contribution in [1.82, 2.24) is 44.5 Å². The van der Waals surface area contributed by atoms with E-state index in [2.05, 4.69) is 37.6 Å². The molecule has 0 aliphatic rings. The average Bonchev–Trinajstić information content (AvgIpc) is 3.68. The van der Waals surface area contributed by atoms with Gasteiger partial charge in [0.15, 0.2) is 11.6 Å². The summed E-state index contributed by atoms with van der Waals surface area (Å²) in [6.45, 7) is 4.62. The summed E-state index contributed by atoms with van der Waals surface area (Å²) in [5.41, 5.74) is 3.82. The smallest absolute Gasteiger partial charge is 0.341 e. The van der Waals surface area contributed by atoms with E-state index >= 15 is 0 Å². The molecule has 5 rings (SSSR count). The summed E-state index contributed by atoms with van der Waals surface area (Å²) in [6, 6.07) is 11.6. The Morgan fingerprint density at radius 1 is 1.08 bits per heavy atom. The lowest BCUT2D eigenvalue weighted by Gasteiger charge is -2.09. The van der Waals surface area contributed by atoms with Gasteiger partial charge in [-0.3, -0.25) is 14.1 Å². The summed E-state index contributed by atoms with van der Waals surface area (Å²) >= 11 is 0. The molecule has 38 heavy (non-hydrogen) atoms. The van der Waals surface area contributed by atoms with Gasteiger partial charge >= 0.3 is 11.7 Å². The van der Waals surface area contributed by atoms with Crippen LogP contribution < -0.4 is 5.69 Å². The van der Waals surface area contributed by atoms with Gasteiger partial charge in [0.2, 0.25) is 0 Å². The number of aromatic carboxylic acids is 1. The Labute approximate surface area is 217 Å². The molecule has 0 saturated carbocycles. The van der Waals surface area contributed by atoms with E-state index in [0.717, 1.165) is 35.2 Å². The zero-order valence-corrected chi connectivity index (χ0v) is 21.1. The SMILES string of the molecule is CCCCc1cn(-c2c(C(=O)O)cnn2CC)c(=O)n1Cc1ccc(-c2ccccc2-c2nnn[nH]2)cn1. The lowest BCUT2D eigenvalue weighted by molar-refractivity contribution is 0.0696. The number of imidazole rings is 1. The second-order valence-electron chi connectivity index (χ2n) is 8.80. The van der Waals surface area contributed by atoms with E-state index in [9.17, 15) is 14.7 Å². The molecule has 0 unspecified atom stereocenters. The Hall–Kier alpha value is -4.87. The molecule has 0 radical (unpaired) electrons. The van der Waals surface area contributed by atoms with Crippen LogP contribution in [0.4, 0.5) is 0 Å². The monoisotopic (exact) mass is 513 g/mol. The van der Waals surface area contributed by atoms with Crippen LogP contribution in [0.5, 0.6) is 0 Å². The van der Waals surface area contributed by atoms with Crippen LogP contribution in [0.1, 0.15) is 48.4 Å². The predicted molar refractivity (Wildman–Crippen MR) is 139 cm³/mol. The Kier molecular flexibility index (Phi) is 6.94. The summed E-state index contributed by atoms with van der Waals surface area (Å²) < 4.78 is 4.57. The molecule has 12 heteroatoms. The Morgan fingerprint density at radius 2 is 1.89 bits per heavy atom. The van der Waals surface area contributed by atoms with Gasteiger partial charge in [0, 0.05) is 35.8 Å². The van der Waals surface area contributed by atoms with Crippen molar-refractivity contribution < 1.29 is 9.90 Å². The summed E-state index contributed by atoms with van der Waals surface area (Å²) in [5.74, 6) is -0.318. The number of aromatic nitrogens is 9. The van der Waals surface area contributed by atoms with Crippen LogP contribution in [0.3, 0.4) is 0 Å². The number of tetrazole rings is 1. The molecule has 0 saturated heterocycles. The second-order valence-corrected chi connectivity index (χ2v) is 8.80. The van der Waals surface area contributed by atoms with Crippen LogP contribution in [-0.2, 0) is 19.5 Å². The molecule has 1 aromatic carbocycles. The van der Waals surface area contributed by atoms with E-state index < -0.39 is 5.97 Å². The minimum atomic E-state index is -1.13. The molecule has 4 heterocycles. The zero-order chi connectivity index (χ0) is 26.6. The summed E-state index contributed by atoms with van der Waals surface area (Å²) in [6.07, 6.45) is 7.30. The van der Waals surface area contributed by atoms with E-state index in [4.69, 9.17) is 0 Å². The number of nitrogens with zero attached hydrogens (tertiary/aromatic N) is 8. The third-order valence-corrected chi connectivity index (χ3v) is 6.40. The topological polar surface area (TPSA) is 149 Å². The van der Waals surface area contributed by atoms with Crippen molar-refractivity contribution in [2.75, 3.05) is 0 Å². The molecule has 0 amide bonds. The second kappa shape index (κ2) is 10.6. The third kappa shape index (κ3) is 4.63. The van der Waals surface area contributed by atoms with Gasteiger partial charge in [-0.05, 0) is 41.8 Å². The maximum absolute atomic E-state index is 13.6. The number of carbonyl (C=O) groups is 1. The summed E-state index contributed by atoms with van der Waals surface area (Å²) in [7, 11) is 0. The molecular weight excluding hydrogens is 486 g/mol. The number of aromatic amines is 1. The number of hydrogen-bond donors (Lipinski definition) is 2. The average molecular weight is 514 g/mol. The highest BCUT2D eigenvalue weighted by molar-refractivity contribution is 5.91. The number of unbranched alkanes of at least 4 members (excludes halogenated alkanes) is 1. The number of hydrogen-bond acceptors (Lipinski definition) is 7. The Morgan fingerprint density at radius 3 is 2.55 bits per heavy atom. The lowest BCUT2D eigenvalue weighted by atomic mass is 10.0. The highest BCUT2D eigenvalue weighted by atomic mass is 16.4. The van der Waals surface area contributed by atoms with Crippen LogP contribution in [0.25, 0.3) is 28.3 Å². The van der Waals surface area contributed by atoms with Crippen LogP contribution in [0.15, 0.2) is 59.8 Å². The fraction of sp³-hybridized carbons (Fsp3) is 0.269. The first kappa shape index (κ1) is 24.8. The number of carboxylic acids is 1. The number of rotatable bonds is 10. The molecule has 0 aliphatic heterocycles. The van der Waals surface area contributed by atoms with Gasteiger partial charge in [0.1, 0.15) is 5.56 Å². The van der Waals surface area contributed by atoms with Crippen molar-refractivity contribution in [3.05, 3.63) is 82.4 Å². The molecule has 0 bridgehead atoms. The van der Waals surface area contributed by atoms with Crippen molar-refractivity contribution in [1.29, 1.82) is 0 Å². The minimum Gasteiger partial charge on any atom is -0.477 e. The molecule has 0 fully saturated rings. The van der Waals surface area contributed by atoms with Gasteiger partial charge in [-0.1, -0.05) is 43.7 Å². The molecule has 5 aromatic rings. The van der Waals surface area contributed by atoms with Crippen LogP contribution >= 0.6 is 0 Å². The fourth-order valence-electron chi connectivity index (χ4n) is 4.47. The predicted octanol–water partition coefficient (Wildman–Crippen LogP) is 3.19. The standard InChI is InChI=1S/C26H27N9O3/c1-3-5-8-19-16-34(24-22(25(36)37)14-28-35(24)4-2)26(38)33(19)15-18-12-11-17(13-27-18)20-9-6-7-10-21(20)23-29-31-32-30-23/h6-7,9-14,16H,3-5,8,15H2,1-2H3,(H,36,37)(H,29,30,31,32). The van der Waals surface area contributed by atoms with Gasteiger partial charge in [-0.2, -0.15) is 5.10 Å². The minimum absolute atomic E-state index is 0.0174. The Balaban J connectivity index is 1.51. The number of aryl methyl sites for hydroxylation is 2. The van der Waals surface area contributed by atoms with Gasteiger partial charge in [-0.15, -0.1) is 5.10 Å². The summed E-state index contributed by atoms with van der Waals surface area (Å²) in [4.78, 5) is 30.1. The molecule has 2 N–H and O–H groups in total. The first-order valence-corrected chi connectivity index (χ1v) is 12.4. The van der Waals surface area contributed by atoms with Crippen molar-refractivity contribution >= 4 is 5.97 Å². The molecular formula is C26H27N9O3. The Bertz CT molecular complexity index is 1610. The molecule has 4 aromatic heterocycles. The van der Waals surface area contributed by atoms with Crippen LogP contribution in [0, 0.1) is 0 Å². The van der Waals surface area contributed by atoms with Crippen molar-refractivity contribution in [3.63, 3.8) is 0 Å². The first-order valence-electron chi connectivity index (χ1n) is 12.4. The van der Waals surface area contributed by atoms with Gasteiger partial charge in [0.25, 0.3) is 0 Å². The summed E-state index contributed by atoms with van der Waals surface area (Å²) in [5, 5.41) is 28.0. The molecule has 194 valence electrons. The fourth-order valence-corrected chi connectivity index (χ4v) is 4.47. The van der Waals surface area contributed by atoms with Crippen molar-refractivity contribution in [3.8, 4) is 28.3 Å². The number of carboxylic acid groups (broad SMARTS) is 1. The molecule has 0 spiro atoms. The van der Waals surface area contributed by atoms with Crippen molar-refractivity contribution in [2.24, 2.45) is 0 Å². The number of nitrogens with one attached hydrogen (secondary N) is 1. The van der Waals surface area contributed by atoms with Crippen LogP contribution in [-0.4, -0.2) is 55.6 Å². The highest BCUT2D eigenvalue weighted by Crippen LogP contribution is 2.29. The van der Waals surface area contributed by atoms with E-state index in [-0.39, 0.29) is 23.6 Å². The van der Waals surface area contributed by atoms with Gasteiger partial charge < -0.3 is 5.11 Å². The third-order valence-electron chi connectivity index (χ3n) is 6.40. The lowest BCUT2D eigenvalue weighted by Crippen LogP contribution is -2.27. The maximum atomic E-state index is 13.6. The molecule has 12 nitrogen and oxygen atoms in total.